The van der Waals surface area contributed by atoms with E-state index < -0.39 is 17.2 Å². The Balaban J connectivity index is 1.73. The van der Waals surface area contributed by atoms with Crippen LogP contribution in [0.2, 0.25) is 0 Å². The van der Waals surface area contributed by atoms with Crippen LogP contribution in [-0.2, 0) is 4.79 Å². The summed E-state index contributed by atoms with van der Waals surface area (Å²) in [7, 11) is 1.76. The highest BCUT2D eigenvalue weighted by Gasteiger charge is 2.22. The summed E-state index contributed by atoms with van der Waals surface area (Å²) in [5, 5.41) is 14.4. The number of carbonyl (C=O) groups is 1. The van der Waals surface area contributed by atoms with Gasteiger partial charge in [0.15, 0.2) is 17.3 Å². The second kappa shape index (κ2) is 8.93. The predicted molar refractivity (Wildman–Crippen MR) is 118 cm³/mol. The number of anilines is 1. The number of rotatable bonds is 8. The highest BCUT2D eigenvalue weighted by Crippen LogP contribution is 2.26. The fraction of sp³-hybridized carbons (Fsp3) is 0.545. The maximum absolute atomic E-state index is 14.1. The van der Waals surface area contributed by atoms with Crippen molar-refractivity contribution in [3.8, 4) is 0 Å². The summed E-state index contributed by atoms with van der Waals surface area (Å²) in [5.41, 5.74) is 5.24. The molecule has 3 N–H and O–H groups in total. The Kier molecular flexibility index (Phi) is 6.64. The van der Waals surface area contributed by atoms with E-state index in [1.807, 2.05) is 13.8 Å². The molecule has 0 aliphatic carbocycles. The molecule has 0 bridgehead atoms. The van der Waals surface area contributed by atoms with Gasteiger partial charge in [-0.2, -0.15) is 4.52 Å². The molecule has 2 heterocycles. The normalized spacial score (nSPS) is 14.1. The molecule has 1 amide bonds. The number of nitrogen functional groups attached to an aromatic ring is 1. The molecule has 0 fully saturated rings. The third-order valence-corrected chi connectivity index (χ3v) is 5.80. The standard InChI is InChI=1S/C22H30F2N6O2/c1-12(6-7-13(2)29(5)17(31)8-9-22(3,4)32)19-27-20-15-10-14(23)11-16(24)18(15)26-21(25)30(20)28-19/h10-13,32H,6-9H2,1-5H3,(H2,25,26)/t12-,13-/m0/s1. The maximum atomic E-state index is 14.1. The molecule has 0 unspecified atom stereocenters. The lowest BCUT2D eigenvalue weighted by Gasteiger charge is -2.27. The van der Waals surface area contributed by atoms with Crippen LogP contribution in [0, 0.1) is 11.6 Å². The van der Waals surface area contributed by atoms with Crippen LogP contribution < -0.4 is 5.73 Å². The molecule has 0 spiro atoms. The number of nitrogens with two attached hydrogens (primary N) is 1. The van der Waals surface area contributed by atoms with Crippen molar-refractivity contribution in [2.75, 3.05) is 12.8 Å². The molecular formula is C22H30F2N6O2. The number of fused-ring (bicyclic) bond motifs is 3. The summed E-state index contributed by atoms with van der Waals surface area (Å²) in [4.78, 5) is 22.6. The van der Waals surface area contributed by atoms with E-state index in [0.29, 0.717) is 25.1 Å². The number of aliphatic hydroxyl groups is 1. The highest BCUT2D eigenvalue weighted by molar-refractivity contribution is 5.92. The number of hydrogen-bond acceptors (Lipinski definition) is 6. The van der Waals surface area contributed by atoms with Crippen molar-refractivity contribution in [3.05, 3.63) is 29.6 Å². The largest absolute Gasteiger partial charge is 0.390 e. The Hall–Kier alpha value is -2.88. The van der Waals surface area contributed by atoms with Crippen molar-refractivity contribution in [1.82, 2.24) is 24.5 Å². The molecule has 174 valence electrons. The number of carbonyl (C=O) groups excluding carboxylic acids is 1. The van der Waals surface area contributed by atoms with Crippen molar-refractivity contribution in [1.29, 1.82) is 0 Å². The van der Waals surface area contributed by atoms with E-state index in [-0.39, 0.29) is 46.8 Å². The molecule has 0 radical (unpaired) electrons. The van der Waals surface area contributed by atoms with Gasteiger partial charge in [0.1, 0.15) is 11.3 Å². The van der Waals surface area contributed by atoms with Crippen LogP contribution in [-0.4, -0.2) is 54.2 Å². The summed E-state index contributed by atoms with van der Waals surface area (Å²) < 4.78 is 29.2. The lowest BCUT2D eigenvalue weighted by atomic mass is 10.00. The number of benzene rings is 1. The smallest absolute Gasteiger partial charge is 0.223 e. The molecular weight excluding hydrogens is 418 g/mol. The minimum absolute atomic E-state index is 0.0143. The van der Waals surface area contributed by atoms with Gasteiger partial charge >= 0.3 is 0 Å². The summed E-state index contributed by atoms with van der Waals surface area (Å²) in [6.45, 7) is 7.28. The van der Waals surface area contributed by atoms with E-state index >= 15 is 0 Å². The average Bonchev–Trinajstić information content (AvgIpc) is 3.16. The van der Waals surface area contributed by atoms with Crippen molar-refractivity contribution in [2.24, 2.45) is 0 Å². The Morgan fingerprint density at radius 1 is 1.25 bits per heavy atom. The molecule has 1 aromatic carbocycles. The third kappa shape index (κ3) is 5.12. The summed E-state index contributed by atoms with van der Waals surface area (Å²) in [6, 6.07) is 1.91. The predicted octanol–water partition coefficient (Wildman–Crippen LogP) is 3.42. The van der Waals surface area contributed by atoms with Crippen molar-refractivity contribution in [3.63, 3.8) is 0 Å². The van der Waals surface area contributed by atoms with E-state index in [1.54, 1.807) is 25.8 Å². The SMILES string of the molecule is C[C@@H](CC[C@H](C)N(C)C(=O)CCC(C)(C)O)c1nc2c3cc(F)cc(F)c3nc(N)n2n1. The molecule has 0 aliphatic heterocycles. The van der Waals surface area contributed by atoms with Crippen LogP contribution in [0.25, 0.3) is 16.6 Å². The average molecular weight is 449 g/mol. The minimum Gasteiger partial charge on any atom is -0.390 e. The van der Waals surface area contributed by atoms with Gasteiger partial charge in [0.05, 0.1) is 11.0 Å². The van der Waals surface area contributed by atoms with Gasteiger partial charge in [0.2, 0.25) is 11.9 Å². The Morgan fingerprint density at radius 2 is 1.94 bits per heavy atom. The van der Waals surface area contributed by atoms with Crippen LogP contribution in [0.1, 0.15) is 65.1 Å². The van der Waals surface area contributed by atoms with Crippen LogP contribution in [0.4, 0.5) is 14.7 Å². The second-order valence-corrected chi connectivity index (χ2v) is 9.10. The summed E-state index contributed by atoms with van der Waals surface area (Å²) in [6.07, 6.45) is 2.07. The summed E-state index contributed by atoms with van der Waals surface area (Å²) >= 11 is 0. The molecule has 0 aliphatic rings. The van der Waals surface area contributed by atoms with E-state index in [2.05, 4.69) is 15.1 Å². The molecule has 0 saturated carbocycles. The lowest BCUT2D eigenvalue weighted by molar-refractivity contribution is -0.133. The van der Waals surface area contributed by atoms with E-state index in [9.17, 15) is 18.7 Å². The molecule has 10 heteroatoms. The molecule has 2 atom stereocenters. The zero-order chi connectivity index (χ0) is 23.8. The molecule has 32 heavy (non-hydrogen) atoms. The zero-order valence-electron chi connectivity index (χ0n) is 19.1. The number of aromatic nitrogens is 4. The molecule has 8 nitrogen and oxygen atoms in total. The number of amides is 1. The second-order valence-electron chi connectivity index (χ2n) is 9.10. The van der Waals surface area contributed by atoms with Crippen molar-refractivity contribution < 1.29 is 18.7 Å². The van der Waals surface area contributed by atoms with E-state index in [1.165, 1.54) is 10.6 Å². The Morgan fingerprint density at radius 3 is 2.59 bits per heavy atom. The van der Waals surface area contributed by atoms with Gasteiger partial charge < -0.3 is 15.7 Å². The topological polar surface area (TPSA) is 110 Å². The monoisotopic (exact) mass is 448 g/mol. The highest BCUT2D eigenvalue weighted by atomic mass is 19.1. The fourth-order valence-corrected chi connectivity index (χ4v) is 3.53. The first-order valence-corrected chi connectivity index (χ1v) is 10.7. The van der Waals surface area contributed by atoms with Crippen LogP contribution in [0.15, 0.2) is 12.1 Å². The van der Waals surface area contributed by atoms with Gasteiger partial charge in [-0.3, -0.25) is 4.79 Å². The number of hydrogen-bond donors (Lipinski definition) is 2. The van der Waals surface area contributed by atoms with Gasteiger partial charge in [-0.15, -0.1) is 5.10 Å². The van der Waals surface area contributed by atoms with Crippen LogP contribution in [0.5, 0.6) is 0 Å². The zero-order valence-corrected chi connectivity index (χ0v) is 19.1. The van der Waals surface area contributed by atoms with Crippen molar-refractivity contribution in [2.45, 2.75) is 70.9 Å². The number of halogens is 2. The first-order valence-electron chi connectivity index (χ1n) is 10.7. The van der Waals surface area contributed by atoms with Crippen LogP contribution >= 0.6 is 0 Å². The van der Waals surface area contributed by atoms with Gasteiger partial charge in [0.25, 0.3) is 0 Å². The van der Waals surface area contributed by atoms with E-state index in [0.717, 1.165) is 6.07 Å². The first-order chi connectivity index (χ1) is 14.9. The van der Waals surface area contributed by atoms with Gasteiger partial charge in [0, 0.05) is 31.5 Å². The minimum atomic E-state index is -0.879. The molecule has 3 aromatic rings. The third-order valence-electron chi connectivity index (χ3n) is 5.80. The molecule has 3 rings (SSSR count). The Labute approximate surface area is 185 Å². The Bertz CT molecular complexity index is 1140. The molecule has 0 saturated heterocycles. The fourth-order valence-electron chi connectivity index (χ4n) is 3.53. The lowest BCUT2D eigenvalue weighted by Crippen LogP contribution is -2.36. The van der Waals surface area contributed by atoms with Gasteiger partial charge in [-0.05, 0) is 46.1 Å². The summed E-state index contributed by atoms with van der Waals surface area (Å²) in [5.74, 6) is -1.18. The van der Waals surface area contributed by atoms with Crippen molar-refractivity contribution >= 4 is 28.4 Å². The maximum Gasteiger partial charge on any atom is 0.223 e. The van der Waals surface area contributed by atoms with E-state index in [4.69, 9.17) is 5.73 Å². The van der Waals surface area contributed by atoms with Gasteiger partial charge in [-0.25, -0.2) is 18.7 Å². The van der Waals surface area contributed by atoms with Gasteiger partial charge in [-0.1, -0.05) is 6.92 Å². The first kappa shape index (κ1) is 23.8. The number of nitrogens with zero attached hydrogens (tertiary/aromatic N) is 5. The molecule has 2 aromatic heterocycles. The van der Waals surface area contributed by atoms with Crippen LogP contribution in [0.3, 0.4) is 0 Å². The quantitative estimate of drug-likeness (QED) is 0.546.